The van der Waals surface area contributed by atoms with Crippen molar-refractivity contribution in [2.75, 3.05) is 5.32 Å². The number of hydrogen-bond donors (Lipinski definition) is 1. The van der Waals surface area contributed by atoms with E-state index in [9.17, 15) is 9.18 Å². The predicted octanol–water partition coefficient (Wildman–Crippen LogP) is 3.59. The van der Waals surface area contributed by atoms with Crippen molar-refractivity contribution >= 4 is 23.2 Å². The number of carbonyl (C=O) groups excluding carboxylic acids is 1. The second-order valence-corrected chi connectivity index (χ2v) is 6.32. The Labute approximate surface area is 153 Å². The van der Waals surface area contributed by atoms with Crippen molar-refractivity contribution in [2.24, 2.45) is 0 Å². The highest BCUT2D eigenvalue weighted by Gasteiger charge is 2.27. The van der Waals surface area contributed by atoms with Gasteiger partial charge in [-0.1, -0.05) is 28.9 Å². The Morgan fingerprint density at radius 1 is 1.19 bits per heavy atom. The molecule has 26 heavy (non-hydrogen) atoms. The van der Waals surface area contributed by atoms with Crippen LogP contribution in [0.3, 0.4) is 0 Å². The maximum atomic E-state index is 13.0. The first-order valence-electron chi connectivity index (χ1n) is 7.96. The van der Waals surface area contributed by atoms with Gasteiger partial charge in [0.15, 0.2) is 5.69 Å². The molecule has 4 rings (SSSR count). The van der Waals surface area contributed by atoms with Gasteiger partial charge in [-0.3, -0.25) is 4.79 Å². The molecule has 1 N–H and O–H groups in total. The molecule has 8 heteroatoms. The summed E-state index contributed by atoms with van der Waals surface area (Å²) in [6.07, 6.45) is -0.186. The molecule has 6 nitrogen and oxygen atoms in total. The lowest BCUT2D eigenvalue weighted by Gasteiger charge is -2.24. The molecule has 2 heterocycles. The molecule has 1 aliphatic heterocycles. The van der Waals surface area contributed by atoms with Crippen LogP contribution in [0.4, 0.5) is 10.1 Å². The number of carbonyl (C=O) groups is 1. The molecule has 0 saturated heterocycles. The molecule has 0 fully saturated rings. The number of nitrogens with one attached hydrogen (secondary N) is 1. The van der Waals surface area contributed by atoms with E-state index in [0.29, 0.717) is 22.9 Å². The number of aromatic nitrogens is 3. The molecule has 0 bridgehead atoms. The average molecular weight is 373 g/mol. The van der Waals surface area contributed by atoms with E-state index in [4.69, 9.17) is 16.3 Å². The normalized spacial score (nSPS) is 16.2. The zero-order chi connectivity index (χ0) is 18.1. The predicted molar refractivity (Wildman–Crippen MR) is 93.4 cm³/mol. The van der Waals surface area contributed by atoms with Crippen molar-refractivity contribution in [3.63, 3.8) is 0 Å². The first kappa shape index (κ1) is 16.7. The number of benzene rings is 2. The van der Waals surface area contributed by atoms with E-state index in [-0.39, 0.29) is 24.2 Å². The number of fused-ring (bicyclic) bond motifs is 1. The fraction of sp³-hybridized carbons (Fsp3) is 0.167. The Balaban J connectivity index is 1.51. The maximum Gasteiger partial charge on any atom is 0.278 e. The third-order valence-corrected chi connectivity index (χ3v) is 4.41. The lowest BCUT2D eigenvalue weighted by atomic mass is 10.1. The summed E-state index contributed by atoms with van der Waals surface area (Å²) in [6, 6.07) is 12.9. The number of amides is 1. The van der Waals surface area contributed by atoms with Crippen molar-refractivity contribution < 1.29 is 13.9 Å². The summed E-state index contributed by atoms with van der Waals surface area (Å²) in [7, 11) is 0. The monoisotopic (exact) mass is 372 g/mol. The van der Waals surface area contributed by atoms with Gasteiger partial charge in [0.2, 0.25) is 0 Å². The molecule has 1 aromatic heterocycles. The molecular weight excluding hydrogens is 359 g/mol. The van der Waals surface area contributed by atoms with E-state index in [1.54, 1.807) is 16.8 Å². The topological polar surface area (TPSA) is 69.0 Å². The number of hydrogen-bond acceptors (Lipinski definition) is 4. The van der Waals surface area contributed by atoms with Crippen molar-refractivity contribution in [2.45, 2.75) is 19.3 Å². The highest BCUT2D eigenvalue weighted by Crippen LogP contribution is 2.28. The van der Waals surface area contributed by atoms with Gasteiger partial charge in [-0.25, -0.2) is 9.07 Å². The number of nitrogens with zero attached hydrogens (tertiary/aromatic N) is 3. The average Bonchev–Trinajstić information content (AvgIpc) is 3.07. The van der Waals surface area contributed by atoms with Crippen LogP contribution in [-0.4, -0.2) is 20.9 Å². The van der Waals surface area contributed by atoms with Crippen LogP contribution in [0, 0.1) is 5.82 Å². The zero-order valence-corrected chi connectivity index (χ0v) is 14.3. The van der Waals surface area contributed by atoms with Crippen LogP contribution in [0.5, 0.6) is 0 Å². The van der Waals surface area contributed by atoms with Crippen LogP contribution in [0.15, 0.2) is 48.5 Å². The number of anilines is 1. The van der Waals surface area contributed by atoms with Crippen LogP contribution >= 0.6 is 11.6 Å². The van der Waals surface area contributed by atoms with Crippen molar-refractivity contribution in [1.29, 1.82) is 0 Å². The minimum atomic E-state index is -0.411. The van der Waals surface area contributed by atoms with E-state index in [0.717, 1.165) is 5.56 Å². The van der Waals surface area contributed by atoms with Crippen molar-refractivity contribution in [3.8, 4) is 0 Å². The Hall–Kier alpha value is -2.77. The molecule has 2 aromatic carbocycles. The third kappa shape index (κ3) is 3.31. The molecule has 0 radical (unpaired) electrons. The molecule has 3 aromatic rings. The highest BCUT2D eigenvalue weighted by molar-refractivity contribution is 6.30. The molecule has 1 atom stereocenters. The standard InChI is InChI=1S/C18H14ClFN4O2/c19-12-3-1-11(2-4-12)16-9-24-15(10-26-16)17(22-23-24)18(25)21-14-7-5-13(20)6-8-14/h1-8,16H,9-10H2,(H,21,25)/t16-/m1/s1. The molecule has 0 unspecified atom stereocenters. The third-order valence-electron chi connectivity index (χ3n) is 4.16. The fourth-order valence-corrected chi connectivity index (χ4v) is 2.92. The van der Waals surface area contributed by atoms with E-state index < -0.39 is 5.91 Å². The lowest BCUT2D eigenvalue weighted by Crippen LogP contribution is -2.24. The fourth-order valence-electron chi connectivity index (χ4n) is 2.79. The van der Waals surface area contributed by atoms with Crippen molar-refractivity contribution in [3.05, 3.63) is 76.3 Å². The zero-order valence-electron chi connectivity index (χ0n) is 13.5. The quantitative estimate of drug-likeness (QED) is 0.762. The summed E-state index contributed by atoms with van der Waals surface area (Å²) in [5, 5.41) is 11.4. The Bertz CT molecular complexity index is 941. The largest absolute Gasteiger partial charge is 0.365 e. The summed E-state index contributed by atoms with van der Waals surface area (Å²) in [6.45, 7) is 0.667. The number of rotatable bonds is 3. The minimum absolute atomic E-state index is 0.186. The van der Waals surface area contributed by atoms with Gasteiger partial charge in [-0.05, 0) is 42.0 Å². The van der Waals surface area contributed by atoms with Gasteiger partial charge in [-0.2, -0.15) is 0 Å². The molecular formula is C18H14ClFN4O2. The summed E-state index contributed by atoms with van der Waals surface area (Å²) in [5.74, 6) is -0.780. The lowest BCUT2D eigenvalue weighted by molar-refractivity contribution is -0.00171. The van der Waals surface area contributed by atoms with Gasteiger partial charge < -0.3 is 10.1 Å². The van der Waals surface area contributed by atoms with E-state index >= 15 is 0 Å². The van der Waals surface area contributed by atoms with Crippen LogP contribution in [0.25, 0.3) is 0 Å². The van der Waals surface area contributed by atoms with Crippen molar-refractivity contribution in [1.82, 2.24) is 15.0 Å². The van der Waals surface area contributed by atoms with Gasteiger partial charge in [0.1, 0.15) is 11.9 Å². The second-order valence-electron chi connectivity index (χ2n) is 5.88. The summed E-state index contributed by atoms with van der Waals surface area (Å²) >= 11 is 5.91. The first-order valence-corrected chi connectivity index (χ1v) is 8.34. The summed E-state index contributed by atoms with van der Waals surface area (Å²) < 4.78 is 20.5. The second kappa shape index (κ2) is 6.86. The summed E-state index contributed by atoms with van der Waals surface area (Å²) in [4.78, 5) is 12.4. The van der Waals surface area contributed by atoms with Gasteiger partial charge in [0.25, 0.3) is 5.91 Å². The minimum Gasteiger partial charge on any atom is -0.365 e. The Morgan fingerprint density at radius 3 is 2.65 bits per heavy atom. The molecule has 1 amide bonds. The maximum absolute atomic E-state index is 13.0. The molecule has 0 saturated carbocycles. The Kier molecular flexibility index (Phi) is 4.40. The van der Waals surface area contributed by atoms with Gasteiger partial charge in [-0.15, -0.1) is 5.10 Å². The highest BCUT2D eigenvalue weighted by atomic mass is 35.5. The van der Waals surface area contributed by atoms with E-state index in [2.05, 4.69) is 15.6 Å². The molecule has 132 valence electrons. The summed E-state index contributed by atoms with van der Waals surface area (Å²) in [5.41, 5.74) is 2.26. The Morgan fingerprint density at radius 2 is 1.92 bits per heavy atom. The van der Waals surface area contributed by atoms with E-state index in [1.165, 1.54) is 24.3 Å². The van der Waals surface area contributed by atoms with E-state index in [1.807, 2.05) is 12.1 Å². The molecule has 0 spiro atoms. The first-order chi connectivity index (χ1) is 12.6. The van der Waals surface area contributed by atoms with Gasteiger partial charge >= 0.3 is 0 Å². The molecule has 0 aliphatic carbocycles. The smallest absolute Gasteiger partial charge is 0.278 e. The van der Waals surface area contributed by atoms with Gasteiger partial charge in [0, 0.05) is 10.7 Å². The van der Waals surface area contributed by atoms with Crippen LogP contribution in [-0.2, 0) is 17.9 Å². The number of ether oxygens (including phenoxy) is 1. The number of halogens is 2. The SMILES string of the molecule is O=C(Nc1ccc(F)cc1)c1nnn2c1CO[C@@H](c1ccc(Cl)cc1)C2. The van der Waals surface area contributed by atoms with Crippen LogP contribution in [0.1, 0.15) is 27.8 Å². The van der Waals surface area contributed by atoms with Crippen LogP contribution < -0.4 is 5.32 Å². The van der Waals surface area contributed by atoms with Crippen LogP contribution in [0.2, 0.25) is 5.02 Å². The van der Waals surface area contributed by atoms with Gasteiger partial charge in [0.05, 0.1) is 18.8 Å². The molecule has 1 aliphatic rings.